The van der Waals surface area contributed by atoms with Crippen LogP contribution in [0.2, 0.25) is 0 Å². The summed E-state index contributed by atoms with van der Waals surface area (Å²) in [6.07, 6.45) is 1.98. The number of aromatic amines is 1. The molecule has 0 bridgehead atoms. The number of fused-ring (bicyclic) bond motifs is 1. The van der Waals surface area contributed by atoms with Crippen LogP contribution < -0.4 is 0 Å². The van der Waals surface area contributed by atoms with Gasteiger partial charge in [-0.1, -0.05) is 30.3 Å². The van der Waals surface area contributed by atoms with Crippen molar-refractivity contribution < 1.29 is 14.7 Å². The highest BCUT2D eigenvalue weighted by atomic mass is 16.4. The van der Waals surface area contributed by atoms with E-state index in [1.165, 1.54) is 6.33 Å². The standard InChI is InChI=1S/C19H19N5O3/c25-16(26)7-6-14-10-15-11-23(8-9-24(15)22-14)19(27)18-17(20-12-21-18)13-4-2-1-3-5-13/h1-5,10,12H,6-9,11H2,(H,20,21)(H,25,26). The van der Waals surface area contributed by atoms with E-state index in [1.807, 2.05) is 41.1 Å². The number of aryl methyl sites for hydroxylation is 1. The van der Waals surface area contributed by atoms with Gasteiger partial charge in [0.2, 0.25) is 0 Å². The van der Waals surface area contributed by atoms with Crippen molar-refractivity contribution in [2.75, 3.05) is 6.54 Å². The number of imidazole rings is 1. The Morgan fingerprint density at radius 1 is 1.19 bits per heavy atom. The molecule has 8 heteroatoms. The molecule has 2 N–H and O–H groups in total. The molecule has 0 radical (unpaired) electrons. The van der Waals surface area contributed by atoms with Crippen molar-refractivity contribution >= 4 is 11.9 Å². The number of benzene rings is 1. The molecule has 2 aromatic heterocycles. The van der Waals surface area contributed by atoms with Crippen LogP contribution in [0.15, 0.2) is 42.7 Å². The summed E-state index contributed by atoms with van der Waals surface area (Å²) in [7, 11) is 0. The number of hydrogen-bond donors (Lipinski definition) is 2. The van der Waals surface area contributed by atoms with E-state index in [0.717, 1.165) is 17.0 Å². The lowest BCUT2D eigenvalue weighted by Crippen LogP contribution is -2.38. The maximum atomic E-state index is 13.0. The molecule has 3 heterocycles. The van der Waals surface area contributed by atoms with Crippen LogP contribution in [-0.4, -0.2) is 48.2 Å². The molecule has 1 aliphatic rings. The van der Waals surface area contributed by atoms with E-state index in [4.69, 9.17) is 5.11 Å². The summed E-state index contributed by atoms with van der Waals surface area (Å²) in [4.78, 5) is 32.8. The van der Waals surface area contributed by atoms with Crippen LogP contribution in [0.4, 0.5) is 0 Å². The highest BCUT2D eigenvalue weighted by Crippen LogP contribution is 2.23. The molecule has 138 valence electrons. The quantitative estimate of drug-likeness (QED) is 0.719. The Bertz CT molecular complexity index is 976. The third kappa shape index (κ3) is 3.46. The number of aliphatic carboxylic acids is 1. The van der Waals surface area contributed by atoms with Gasteiger partial charge in [-0.2, -0.15) is 5.10 Å². The summed E-state index contributed by atoms with van der Waals surface area (Å²) >= 11 is 0. The number of nitrogens with zero attached hydrogens (tertiary/aromatic N) is 4. The average molecular weight is 365 g/mol. The van der Waals surface area contributed by atoms with E-state index < -0.39 is 5.97 Å². The monoisotopic (exact) mass is 365 g/mol. The van der Waals surface area contributed by atoms with Crippen LogP contribution in [0, 0.1) is 0 Å². The van der Waals surface area contributed by atoms with Gasteiger partial charge in [-0.3, -0.25) is 14.3 Å². The first-order chi connectivity index (χ1) is 13.1. The highest BCUT2D eigenvalue weighted by Gasteiger charge is 2.26. The van der Waals surface area contributed by atoms with E-state index in [2.05, 4.69) is 15.1 Å². The van der Waals surface area contributed by atoms with E-state index in [0.29, 0.717) is 37.4 Å². The lowest BCUT2D eigenvalue weighted by Gasteiger charge is -2.27. The fourth-order valence-electron chi connectivity index (χ4n) is 3.29. The predicted molar refractivity (Wildman–Crippen MR) is 96.9 cm³/mol. The van der Waals surface area contributed by atoms with E-state index in [-0.39, 0.29) is 12.3 Å². The van der Waals surface area contributed by atoms with Crippen LogP contribution >= 0.6 is 0 Å². The van der Waals surface area contributed by atoms with Gasteiger partial charge in [0.05, 0.1) is 37.2 Å². The van der Waals surface area contributed by atoms with Crippen LogP contribution in [0.5, 0.6) is 0 Å². The van der Waals surface area contributed by atoms with Crippen LogP contribution in [-0.2, 0) is 24.3 Å². The zero-order valence-electron chi connectivity index (χ0n) is 14.6. The number of H-pyrrole nitrogens is 1. The van der Waals surface area contributed by atoms with Gasteiger partial charge in [0.25, 0.3) is 5.91 Å². The molecule has 0 fully saturated rings. The second-order valence-electron chi connectivity index (χ2n) is 6.46. The molecule has 1 aromatic carbocycles. The Labute approximate surface area is 155 Å². The summed E-state index contributed by atoms with van der Waals surface area (Å²) in [5.41, 5.74) is 3.66. The predicted octanol–water partition coefficient (Wildman–Crippen LogP) is 1.95. The minimum Gasteiger partial charge on any atom is -0.481 e. The number of carboxylic acids is 1. The number of rotatable bonds is 5. The van der Waals surface area contributed by atoms with Gasteiger partial charge < -0.3 is 15.0 Å². The Balaban J connectivity index is 1.52. The van der Waals surface area contributed by atoms with Crippen molar-refractivity contribution in [3.63, 3.8) is 0 Å². The molecule has 0 unspecified atom stereocenters. The van der Waals surface area contributed by atoms with Gasteiger partial charge in [0, 0.05) is 18.5 Å². The Kier molecular flexibility index (Phi) is 4.45. The van der Waals surface area contributed by atoms with E-state index in [9.17, 15) is 9.59 Å². The number of nitrogens with one attached hydrogen (secondary N) is 1. The van der Waals surface area contributed by atoms with Crippen molar-refractivity contribution in [2.24, 2.45) is 0 Å². The molecule has 0 aliphatic carbocycles. The molecule has 27 heavy (non-hydrogen) atoms. The molecule has 4 rings (SSSR count). The largest absolute Gasteiger partial charge is 0.481 e. The second kappa shape index (κ2) is 7.06. The topological polar surface area (TPSA) is 104 Å². The maximum Gasteiger partial charge on any atom is 0.303 e. The van der Waals surface area contributed by atoms with E-state index >= 15 is 0 Å². The van der Waals surface area contributed by atoms with Crippen molar-refractivity contribution in [1.29, 1.82) is 0 Å². The first-order valence-corrected chi connectivity index (χ1v) is 8.77. The third-order valence-electron chi connectivity index (χ3n) is 4.63. The van der Waals surface area contributed by atoms with Crippen molar-refractivity contribution in [2.45, 2.75) is 25.9 Å². The van der Waals surface area contributed by atoms with Gasteiger partial charge >= 0.3 is 5.97 Å². The van der Waals surface area contributed by atoms with Crippen LogP contribution in [0.1, 0.15) is 28.3 Å². The maximum absolute atomic E-state index is 13.0. The lowest BCUT2D eigenvalue weighted by molar-refractivity contribution is -0.136. The molecule has 0 atom stereocenters. The van der Waals surface area contributed by atoms with Crippen molar-refractivity contribution in [3.05, 3.63) is 59.8 Å². The SMILES string of the molecule is O=C(O)CCc1cc2n(n1)CCN(C(=O)c1[nH]cnc1-c1ccccc1)C2. The van der Waals surface area contributed by atoms with Gasteiger partial charge in [-0.25, -0.2) is 4.98 Å². The van der Waals surface area contributed by atoms with Gasteiger partial charge in [-0.15, -0.1) is 0 Å². The number of amides is 1. The van der Waals surface area contributed by atoms with Crippen molar-refractivity contribution in [1.82, 2.24) is 24.6 Å². The fraction of sp³-hybridized carbons (Fsp3) is 0.263. The Hall–Kier alpha value is -3.42. The summed E-state index contributed by atoms with van der Waals surface area (Å²) in [5.74, 6) is -0.948. The van der Waals surface area contributed by atoms with Gasteiger partial charge in [-0.05, 0) is 6.07 Å². The highest BCUT2D eigenvalue weighted by molar-refractivity contribution is 5.98. The first kappa shape index (κ1) is 17.0. The van der Waals surface area contributed by atoms with Gasteiger partial charge in [0.15, 0.2) is 0 Å². The van der Waals surface area contributed by atoms with E-state index in [1.54, 1.807) is 4.90 Å². The molecule has 1 aliphatic heterocycles. The number of carbonyl (C=O) groups excluding carboxylic acids is 1. The minimum atomic E-state index is -0.842. The fourth-order valence-corrected chi connectivity index (χ4v) is 3.29. The lowest BCUT2D eigenvalue weighted by atomic mass is 10.1. The second-order valence-corrected chi connectivity index (χ2v) is 6.46. The smallest absolute Gasteiger partial charge is 0.303 e. The summed E-state index contributed by atoms with van der Waals surface area (Å²) < 4.78 is 1.85. The zero-order valence-corrected chi connectivity index (χ0v) is 14.6. The molecule has 0 saturated heterocycles. The number of carboxylic acid groups (broad SMARTS) is 1. The zero-order chi connectivity index (χ0) is 18.8. The molecule has 1 amide bonds. The Morgan fingerprint density at radius 3 is 2.78 bits per heavy atom. The number of aromatic nitrogens is 4. The molecule has 0 saturated carbocycles. The molecule has 3 aromatic rings. The van der Waals surface area contributed by atoms with Crippen LogP contribution in [0.3, 0.4) is 0 Å². The number of carbonyl (C=O) groups is 2. The van der Waals surface area contributed by atoms with Gasteiger partial charge in [0.1, 0.15) is 11.4 Å². The third-order valence-corrected chi connectivity index (χ3v) is 4.63. The molecular formula is C19H19N5O3. The summed E-state index contributed by atoms with van der Waals surface area (Å²) in [6, 6.07) is 11.5. The first-order valence-electron chi connectivity index (χ1n) is 8.77. The molecule has 0 spiro atoms. The number of hydrogen-bond acceptors (Lipinski definition) is 4. The van der Waals surface area contributed by atoms with Crippen molar-refractivity contribution in [3.8, 4) is 11.3 Å². The molecular weight excluding hydrogens is 346 g/mol. The summed E-state index contributed by atoms with van der Waals surface area (Å²) in [6.45, 7) is 1.56. The molecule has 8 nitrogen and oxygen atoms in total. The summed E-state index contributed by atoms with van der Waals surface area (Å²) in [5, 5.41) is 13.3. The Morgan fingerprint density at radius 2 is 2.00 bits per heavy atom. The minimum absolute atomic E-state index is 0.0493. The normalized spacial score (nSPS) is 13.4. The average Bonchev–Trinajstić information content (AvgIpc) is 3.32. The van der Waals surface area contributed by atoms with Crippen LogP contribution in [0.25, 0.3) is 11.3 Å².